The van der Waals surface area contributed by atoms with E-state index in [2.05, 4.69) is 26.2 Å². The van der Waals surface area contributed by atoms with Crippen molar-refractivity contribution in [2.45, 2.75) is 0 Å². The van der Waals surface area contributed by atoms with Crippen molar-refractivity contribution in [1.82, 2.24) is 4.98 Å². The number of benzene rings is 1. The smallest absolute Gasteiger partial charge is 0.272 e. The van der Waals surface area contributed by atoms with Crippen molar-refractivity contribution in [3.63, 3.8) is 0 Å². The van der Waals surface area contributed by atoms with Crippen LogP contribution in [0.1, 0.15) is 10.5 Å². The number of carbonyl (C=O) groups is 1. The summed E-state index contributed by atoms with van der Waals surface area (Å²) >= 11 is 3.19. The molecule has 88 valence electrons. The molecule has 1 aromatic carbocycles. The van der Waals surface area contributed by atoms with E-state index in [1.807, 2.05) is 0 Å². The first-order valence-electron chi connectivity index (χ1n) is 4.66. The average Bonchev–Trinajstić information content (AvgIpc) is 2.70. The largest absolute Gasteiger partial charge is 0.356 e. The third-order valence-electron chi connectivity index (χ3n) is 2.07. The van der Waals surface area contributed by atoms with Gasteiger partial charge in [-0.1, -0.05) is 0 Å². The Kier molecular flexibility index (Phi) is 3.23. The Morgan fingerprint density at radius 3 is 2.59 bits per heavy atom. The standard InChI is InChI=1S/C11H7BrF2N2O/c12-6-3-10(15-5-6)11(17)16-7-1-2-8(13)9(14)4-7/h1-5,15H,(H,16,17). The Morgan fingerprint density at radius 2 is 2.00 bits per heavy atom. The van der Waals surface area contributed by atoms with Gasteiger partial charge in [-0.3, -0.25) is 4.79 Å². The second-order valence-electron chi connectivity index (χ2n) is 3.31. The van der Waals surface area contributed by atoms with Crippen LogP contribution in [0.4, 0.5) is 14.5 Å². The molecule has 0 aliphatic heterocycles. The van der Waals surface area contributed by atoms with Gasteiger partial charge in [-0.25, -0.2) is 8.78 Å². The highest BCUT2D eigenvalue weighted by Gasteiger charge is 2.09. The molecule has 2 N–H and O–H groups in total. The average molecular weight is 301 g/mol. The maximum Gasteiger partial charge on any atom is 0.272 e. The fraction of sp³-hybridized carbons (Fsp3) is 0. The minimum Gasteiger partial charge on any atom is -0.356 e. The first kappa shape index (κ1) is 11.8. The Hall–Kier alpha value is -1.69. The number of H-pyrrole nitrogens is 1. The number of amides is 1. The van der Waals surface area contributed by atoms with Crippen LogP contribution in [0, 0.1) is 11.6 Å². The summed E-state index contributed by atoms with van der Waals surface area (Å²) in [6.07, 6.45) is 1.60. The number of rotatable bonds is 2. The minimum absolute atomic E-state index is 0.194. The predicted octanol–water partition coefficient (Wildman–Crippen LogP) is 3.31. The molecule has 3 nitrogen and oxygen atoms in total. The van der Waals surface area contributed by atoms with E-state index in [1.54, 1.807) is 12.3 Å². The molecule has 2 aromatic rings. The SMILES string of the molecule is O=C(Nc1ccc(F)c(F)c1)c1cc(Br)c[nH]1. The fourth-order valence-corrected chi connectivity index (χ4v) is 1.61. The van der Waals surface area contributed by atoms with Crippen LogP contribution in [0.5, 0.6) is 0 Å². The van der Waals surface area contributed by atoms with Crippen LogP contribution in [0.2, 0.25) is 0 Å². The van der Waals surface area contributed by atoms with E-state index in [0.29, 0.717) is 5.69 Å². The zero-order chi connectivity index (χ0) is 12.4. The molecule has 0 radical (unpaired) electrons. The van der Waals surface area contributed by atoms with E-state index in [0.717, 1.165) is 16.6 Å². The summed E-state index contributed by atoms with van der Waals surface area (Å²) in [4.78, 5) is 14.4. The second-order valence-corrected chi connectivity index (χ2v) is 4.23. The van der Waals surface area contributed by atoms with Crippen LogP contribution in [0.3, 0.4) is 0 Å². The van der Waals surface area contributed by atoms with E-state index in [4.69, 9.17) is 0 Å². The minimum atomic E-state index is -1.00. The van der Waals surface area contributed by atoms with Crippen LogP contribution >= 0.6 is 15.9 Å². The Balaban J connectivity index is 2.15. The summed E-state index contributed by atoms with van der Waals surface area (Å²) in [5.74, 6) is -2.39. The van der Waals surface area contributed by atoms with Crippen LogP contribution in [-0.2, 0) is 0 Å². The van der Waals surface area contributed by atoms with Crippen LogP contribution in [0.25, 0.3) is 0 Å². The molecule has 0 spiro atoms. The maximum atomic E-state index is 12.9. The highest BCUT2D eigenvalue weighted by atomic mass is 79.9. The lowest BCUT2D eigenvalue weighted by atomic mass is 10.3. The number of hydrogen-bond donors (Lipinski definition) is 2. The summed E-state index contributed by atoms with van der Waals surface area (Å²) in [6, 6.07) is 4.74. The molecular formula is C11H7BrF2N2O. The fourth-order valence-electron chi connectivity index (χ4n) is 1.27. The summed E-state index contributed by atoms with van der Waals surface area (Å²) in [6.45, 7) is 0. The third-order valence-corrected chi connectivity index (χ3v) is 2.53. The van der Waals surface area contributed by atoms with Gasteiger partial charge in [-0.15, -0.1) is 0 Å². The molecule has 0 unspecified atom stereocenters. The van der Waals surface area contributed by atoms with Gasteiger partial charge < -0.3 is 10.3 Å². The number of aromatic nitrogens is 1. The molecule has 0 saturated heterocycles. The number of aromatic amines is 1. The highest BCUT2D eigenvalue weighted by molar-refractivity contribution is 9.10. The number of nitrogens with one attached hydrogen (secondary N) is 2. The van der Waals surface area contributed by atoms with Gasteiger partial charge in [0.15, 0.2) is 11.6 Å². The quantitative estimate of drug-likeness (QED) is 0.878. The van der Waals surface area contributed by atoms with E-state index in [1.165, 1.54) is 6.07 Å². The molecule has 0 saturated carbocycles. The zero-order valence-corrected chi connectivity index (χ0v) is 10.0. The van der Waals surface area contributed by atoms with Gasteiger partial charge in [-0.05, 0) is 34.1 Å². The van der Waals surface area contributed by atoms with Crippen molar-refractivity contribution in [2.24, 2.45) is 0 Å². The van der Waals surface area contributed by atoms with E-state index >= 15 is 0 Å². The van der Waals surface area contributed by atoms with Crippen molar-refractivity contribution in [3.8, 4) is 0 Å². The van der Waals surface area contributed by atoms with Crippen LogP contribution in [-0.4, -0.2) is 10.9 Å². The lowest BCUT2D eigenvalue weighted by Crippen LogP contribution is -2.12. The number of anilines is 1. The van der Waals surface area contributed by atoms with Crippen LogP contribution < -0.4 is 5.32 Å². The molecule has 0 atom stereocenters. The predicted molar refractivity (Wildman–Crippen MR) is 62.8 cm³/mol. The van der Waals surface area contributed by atoms with Crippen molar-refractivity contribution in [2.75, 3.05) is 5.32 Å². The molecule has 1 aromatic heterocycles. The van der Waals surface area contributed by atoms with Gasteiger partial charge in [0.25, 0.3) is 5.91 Å². The maximum absolute atomic E-state index is 12.9. The Morgan fingerprint density at radius 1 is 1.24 bits per heavy atom. The van der Waals surface area contributed by atoms with Crippen molar-refractivity contribution in [3.05, 3.63) is 52.3 Å². The second kappa shape index (κ2) is 4.67. The van der Waals surface area contributed by atoms with Crippen molar-refractivity contribution >= 4 is 27.5 Å². The molecule has 17 heavy (non-hydrogen) atoms. The molecule has 0 fully saturated rings. The molecule has 6 heteroatoms. The molecule has 0 aliphatic rings. The number of carbonyl (C=O) groups excluding carboxylic acids is 1. The lowest BCUT2D eigenvalue weighted by Gasteiger charge is -2.03. The first-order valence-corrected chi connectivity index (χ1v) is 5.46. The summed E-state index contributed by atoms with van der Waals surface area (Å²) in [5, 5.41) is 2.44. The summed E-state index contributed by atoms with van der Waals surface area (Å²) in [7, 11) is 0. The van der Waals surface area contributed by atoms with E-state index in [9.17, 15) is 13.6 Å². The normalized spacial score (nSPS) is 10.3. The Labute approximate surface area is 104 Å². The molecule has 0 aliphatic carbocycles. The third kappa shape index (κ3) is 2.71. The molecule has 1 amide bonds. The molecular weight excluding hydrogens is 294 g/mol. The van der Waals surface area contributed by atoms with E-state index < -0.39 is 17.5 Å². The van der Waals surface area contributed by atoms with Crippen molar-refractivity contribution in [1.29, 1.82) is 0 Å². The van der Waals surface area contributed by atoms with Gasteiger partial charge in [0.05, 0.1) is 0 Å². The van der Waals surface area contributed by atoms with Gasteiger partial charge in [0, 0.05) is 22.4 Å². The Bertz CT molecular complexity index is 568. The molecule has 1 heterocycles. The van der Waals surface area contributed by atoms with Crippen LogP contribution in [0.15, 0.2) is 34.9 Å². The first-order chi connectivity index (χ1) is 8.06. The zero-order valence-electron chi connectivity index (χ0n) is 8.43. The summed E-state index contributed by atoms with van der Waals surface area (Å²) < 4.78 is 26.3. The number of hydrogen-bond acceptors (Lipinski definition) is 1. The summed E-state index contributed by atoms with van der Waals surface area (Å²) in [5.41, 5.74) is 0.515. The topological polar surface area (TPSA) is 44.9 Å². The highest BCUT2D eigenvalue weighted by Crippen LogP contribution is 2.15. The van der Waals surface area contributed by atoms with Gasteiger partial charge in [0.2, 0.25) is 0 Å². The van der Waals surface area contributed by atoms with Gasteiger partial charge in [-0.2, -0.15) is 0 Å². The molecule has 0 bridgehead atoms. The van der Waals surface area contributed by atoms with E-state index in [-0.39, 0.29) is 5.69 Å². The molecule has 2 rings (SSSR count). The van der Waals surface area contributed by atoms with Gasteiger partial charge in [0.1, 0.15) is 5.69 Å². The monoisotopic (exact) mass is 300 g/mol. The van der Waals surface area contributed by atoms with Crippen molar-refractivity contribution < 1.29 is 13.6 Å². The number of halogens is 3. The van der Waals surface area contributed by atoms with Gasteiger partial charge >= 0.3 is 0 Å². The lowest BCUT2D eigenvalue weighted by molar-refractivity contribution is 0.102.